The second kappa shape index (κ2) is 10.7. The lowest BCUT2D eigenvalue weighted by atomic mass is 9.98. The largest absolute Gasteiger partial charge is 0.480 e. The Morgan fingerprint density at radius 1 is 1.09 bits per heavy atom. The van der Waals surface area contributed by atoms with Crippen molar-refractivity contribution in [1.82, 2.24) is 10.6 Å². The predicted octanol–water partition coefficient (Wildman–Crippen LogP) is 2.15. The van der Waals surface area contributed by atoms with Crippen molar-refractivity contribution in [2.45, 2.75) is 24.5 Å². The number of nitrogens with one attached hydrogen (secondary N) is 2. The molecule has 1 aliphatic carbocycles. The Labute approximate surface area is 197 Å². The molecule has 0 bridgehead atoms. The topological polar surface area (TPSA) is 123 Å². The minimum Gasteiger partial charge on any atom is -0.480 e. The number of carboxylic acid groups (broad SMARTS) is 1. The van der Waals surface area contributed by atoms with Crippen molar-refractivity contribution >= 4 is 18.0 Å². The molecule has 1 fully saturated rings. The Morgan fingerprint density at radius 2 is 1.74 bits per heavy atom. The first kappa shape index (κ1) is 23.7. The fraction of sp³-hybridized carbons (Fsp3) is 0.400. The standard InChI is InChI=1S/C25H28N2O7/c1-32-14-21(24(29)30)27-23(28)22-15(10-11-33-22)12-26-25(31)34-13-20-18-8-4-2-6-16(18)17-7-3-5-9-19(17)20/h2-9,15,20-22H,10-14H2,1H3,(H,26,31)(H,27,28)(H,29,30)/t15-,21+,22-/m1/s1. The summed E-state index contributed by atoms with van der Waals surface area (Å²) in [5, 5.41) is 14.3. The van der Waals surface area contributed by atoms with Crippen LogP contribution < -0.4 is 10.6 Å². The van der Waals surface area contributed by atoms with Gasteiger partial charge in [0.2, 0.25) is 5.91 Å². The molecule has 0 radical (unpaired) electrons. The van der Waals surface area contributed by atoms with Crippen molar-refractivity contribution in [3.05, 3.63) is 59.7 Å². The van der Waals surface area contributed by atoms with E-state index in [0.717, 1.165) is 22.3 Å². The molecule has 9 nitrogen and oxygen atoms in total. The van der Waals surface area contributed by atoms with Gasteiger partial charge in [-0.25, -0.2) is 9.59 Å². The average molecular weight is 469 g/mol. The fourth-order valence-electron chi connectivity index (χ4n) is 4.59. The quantitative estimate of drug-likeness (QED) is 0.515. The number of carbonyl (C=O) groups excluding carboxylic acids is 2. The SMILES string of the molecule is COC[C@H](NC(=O)[C@@H]1OCC[C@@H]1CNC(=O)OCC1c2ccccc2-c2ccccc21)C(=O)O. The van der Waals surface area contributed by atoms with Crippen LogP contribution in [0.25, 0.3) is 11.1 Å². The van der Waals surface area contributed by atoms with Crippen molar-refractivity contribution in [2.75, 3.05) is 33.5 Å². The van der Waals surface area contributed by atoms with Gasteiger partial charge in [-0.3, -0.25) is 4.79 Å². The lowest BCUT2D eigenvalue weighted by Crippen LogP contribution is -2.50. The number of fused-ring (bicyclic) bond motifs is 3. The highest BCUT2D eigenvalue weighted by molar-refractivity contribution is 5.87. The van der Waals surface area contributed by atoms with E-state index < -0.39 is 30.1 Å². The average Bonchev–Trinajstić information content (AvgIpc) is 3.44. The number of hydrogen-bond donors (Lipinski definition) is 3. The molecule has 0 aromatic heterocycles. The molecular weight excluding hydrogens is 440 g/mol. The molecule has 1 saturated heterocycles. The molecule has 2 amide bonds. The van der Waals surface area contributed by atoms with E-state index in [-0.39, 0.29) is 31.6 Å². The van der Waals surface area contributed by atoms with Crippen LogP contribution in [0, 0.1) is 5.92 Å². The molecule has 180 valence electrons. The van der Waals surface area contributed by atoms with Crippen LogP contribution in [0.15, 0.2) is 48.5 Å². The molecule has 2 aliphatic rings. The van der Waals surface area contributed by atoms with E-state index in [9.17, 15) is 19.5 Å². The number of rotatable bonds is 9. The van der Waals surface area contributed by atoms with Crippen LogP contribution >= 0.6 is 0 Å². The van der Waals surface area contributed by atoms with E-state index in [1.165, 1.54) is 7.11 Å². The highest BCUT2D eigenvalue weighted by Crippen LogP contribution is 2.44. The molecule has 3 N–H and O–H groups in total. The van der Waals surface area contributed by atoms with Gasteiger partial charge in [0.15, 0.2) is 6.04 Å². The van der Waals surface area contributed by atoms with Gasteiger partial charge in [0.05, 0.1) is 6.61 Å². The second-order valence-corrected chi connectivity index (χ2v) is 8.40. The van der Waals surface area contributed by atoms with Crippen LogP contribution in [-0.2, 0) is 23.8 Å². The van der Waals surface area contributed by atoms with Crippen LogP contribution in [0.5, 0.6) is 0 Å². The summed E-state index contributed by atoms with van der Waals surface area (Å²) in [6.07, 6.45) is -0.868. The summed E-state index contributed by atoms with van der Waals surface area (Å²) in [6, 6.07) is 15.0. The minimum absolute atomic E-state index is 0.0415. The van der Waals surface area contributed by atoms with Gasteiger partial charge in [-0.15, -0.1) is 0 Å². The number of hydrogen-bond acceptors (Lipinski definition) is 6. The molecule has 1 aliphatic heterocycles. The summed E-state index contributed by atoms with van der Waals surface area (Å²) in [6.45, 7) is 0.562. The number of alkyl carbamates (subject to hydrolysis) is 1. The minimum atomic E-state index is -1.19. The van der Waals surface area contributed by atoms with Gasteiger partial charge in [0, 0.05) is 32.1 Å². The van der Waals surface area contributed by atoms with Crippen LogP contribution in [0.2, 0.25) is 0 Å². The molecule has 0 unspecified atom stereocenters. The molecule has 1 heterocycles. The highest BCUT2D eigenvalue weighted by atomic mass is 16.5. The number of ether oxygens (including phenoxy) is 3. The Hall–Kier alpha value is -3.43. The maximum absolute atomic E-state index is 12.5. The van der Waals surface area contributed by atoms with Gasteiger partial charge in [-0.05, 0) is 28.7 Å². The first-order valence-corrected chi connectivity index (χ1v) is 11.2. The maximum atomic E-state index is 12.5. The normalized spacial score (nSPS) is 19.7. The summed E-state index contributed by atoms with van der Waals surface area (Å²) < 4.78 is 15.9. The zero-order valence-corrected chi connectivity index (χ0v) is 18.9. The molecular formula is C25H28N2O7. The summed E-state index contributed by atoms with van der Waals surface area (Å²) in [5.74, 6) is -2.07. The van der Waals surface area contributed by atoms with Crippen LogP contribution in [0.4, 0.5) is 4.79 Å². The van der Waals surface area contributed by atoms with Gasteiger partial charge in [-0.1, -0.05) is 48.5 Å². The van der Waals surface area contributed by atoms with Gasteiger partial charge < -0.3 is 30.0 Å². The van der Waals surface area contributed by atoms with Crippen molar-refractivity contribution < 1.29 is 33.7 Å². The summed E-state index contributed by atoms with van der Waals surface area (Å²) in [4.78, 5) is 36.2. The van der Waals surface area contributed by atoms with E-state index in [2.05, 4.69) is 22.8 Å². The van der Waals surface area contributed by atoms with E-state index in [0.29, 0.717) is 13.0 Å². The van der Waals surface area contributed by atoms with E-state index in [1.54, 1.807) is 0 Å². The van der Waals surface area contributed by atoms with Crippen LogP contribution in [0.1, 0.15) is 23.5 Å². The Bertz CT molecular complexity index is 1010. The van der Waals surface area contributed by atoms with Gasteiger partial charge >= 0.3 is 12.1 Å². The third-order valence-electron chi connectivity index (χ3n) is 6.27. The smallest absolute Gasteiger partial charge is 0.407 e. The summed E-state index contributed by atoms with van der Waals surface area (Å²) in [7, 11) is 1.36. The van der Waals surface area contributed by atoms with Crippen LogP contribution in [-0.4, -0.2) is 68.7 Å². The predicted molar refractivity (Wildman–Crippen MR) is 122 cm³/mol. The summed E-state index contributed by atoms with van der Waals surface area (Å²) >= 11 is 0. The second-order valence-electron chi connectivity index (χ2n) is 8.40. The summed E-state index contributed by atoms with van der Waals surface area (Å²) in [5.41, 5.74) is 4.55. The van der Waals surface area contributed by atoms with E-state index >= 15 is 0 Å². The Balaban J connectivity index is 1.30. The lowest BCUT2D eigenvalue weighted by molar-refractivity contribution is -0.145. The number of carboxylic acids is 1. The highest BCUT2D eigenvalue weighted by Gasteiger charge is 2.36. The molecule has 3 atom stereocenters. The zero-order chi connectivity index (χ0) is 24.1. The number of carbonyl (C=O) groups is 3. The first-order chi connectivity index (χ1) is 16.5. The van der Waals surface area contributed by atoms with Gasteiger partial charge in [0.1, 0.15) is 12.7 Å². The number of amides is 2. The number of aliphatic carboxylic acids is 1. The molecule has 2 aromatic rings. The molecule has 34 heavy (non-hydrogen) atoms. The Kier molecular flexibility index (Phi) is 7.44. The third-order valence-corrected chi connectivity index (χ3v) is 6.27. The number of methoxy groups -OCH3 is 1. The molecule has 4 rings (SSSR count). The molecule has 2 aromatic carbocycles. The molecule has 9 heteroatoms. The van der Waals surface area contributed by atoms with Crippen molar-refractivity contribution in [3.63, 3.8) is 0 Å². The first-order valence-electron chi connectivity index (χ1n) is 11.2. The lowest BCUT2D eigenvalue weighted by Gasteiger charge is -2.21. The van der Waals surface area contributed by atoms with Crippen molar-refractivity contribution in [1.29, 1.82) is 0 Å². The van der Waals surface area contributed by atoms with E-state index in [4.69, 9.17) is 14.2 Å². The molecule has 0 saturated carbocycles. The van der Waals surface area contributed by atoms with Gasteiger partial charge in [0.25, 0.3) is 0 Å². The number of benzene rings is 2. The van der Waals surface area contributed by atoms with Gasteiger partial charge in [-0.2, -0.15) is 0 Å². The third kappa shape index (κ3) is 5.05. The Morgan fingerprint density at radius 3 is 2.35 bits per heavy atom. The van der Waals surface area contributed by atoms with Crippen molar-refractivity contribution in [2.24, 2.45) is 5.92 Å². The monoisotopic (exact) mass is 468 g/mol. The molecule has 0 spiro atoms. The fourth-order valence-corrected chi connectivity index (χ4v) is 4.59. The van der Waals surface area contributed by atoms with E-state index in [1.807, 2.05) is 36.4 Å². The zero-order valence-electron chi connectivity index (χ0n) is 18.9. The van der Waals surface area contributed by atoms with Crippen molar-refractivity contribution in [3.8, 4) is 11.1 Å². The van der Waals surface area contributed by atoms with Crippen LogP contribution in [0.3, 0.4) is 0 Å². The maximum Gasteiger partial charge on any atom is 0.407 e.